The van der Waals surface area contributed by atoms with Crippen LogP contribution in [0.25, 0.3) is 5.57 Å². The molecule has 2 aromatic rings. The Morgan fingerprint density at radius 3 is 2.58 bits per heavy atom. The molecule has 1 N–H and O–H groups in total. The SMILES string of the molecule is O=C(CN1CC=C(c2ccccc2)CC1)Nc1cccc(Cl)c1Cl. The minimum Gasteiger partial charge on any atom is -0.324 e. The van der Waals surface area contributed by atoms with Crippen molar-refractivity contribution in [3.8, 4) is 0 Å². The van der Waals surface area contributed by atoms with Crippen molar-refractivity contribution in [2.75, 3.05) is 25.0 Å². The van der Waals surface area contributed by atoms with E-state index in [1.807, 2.05) is 18.2 Å². The second kappa shape index (κ2) is 7.84. The molecule has 3 nitrogen and oxygen atoms in total. The molecule has 0 saturated carbocycles. The Balaban J connectivity index is 1.57. The Labute approximate surface area is 151 Å². The highest BCUT2D eigenvalue weighted by atomic mass is 35.5. The maximum Gasteiger partial charge on any atom is 0.238 e. The van der Waals surface area contributed by atoms with E-state index >= 15 is 0 Å². The Bertz CT molecular complexity index is 759. The van der Waals surface area contributed by atoms with Gasteiger partial charge in [-0.25, -0.2) is 0 Å². The van der Waals surface area contributed by atoms with Gasteiger partial charge in [0.1, 0.15) is 0 Å². The molecule has 1 aliphatic rings. The molecule has 0 saturated heterocycles. The van der Waals surface area contributed by atoms with Crippen LogP contribution in [0.5, 0.6) is 0 Å². The number of benzene rings is 2. The number of hydrogen-bond donors (Lipinski definition) is 1. The minimum absolute atomic E-state index is 0.0873. The third-order valence-electron chi connectivity index (χ3n) is 4.03. The number of carbonyl (C=O) groups is 1. The molecule has 0 unspecified atom stereocenters. The Morgan fingerprint density at radius 1 is 1.08 bits per heavy atom. The van der Waals surface area contributed by atoms with Crippen molar-refractivity contribution < 1.29 is 4.79 Å². The van der Waals surface area contributed by atoms with Crippen LogP contribution in [-0.2, 0) is 4.79 Å². The summed E-state index contributed by atoms with van der Waals surface area (Å²) in [6, 6.07) is 15.6. The van der Waals surface area contributed by atoms with Gasteiger partial charge in [0, 0.05) is 13.1 Å². The third-order valence-corrected chi connectivity index (χ3v) is 4.85. The summed E-state index contributed by atoms with van der Waals surface area (Å²) in [6.45, 7) is 1.96. The quantitative estimate of drug-likeness (QED) is 0.855. The van der Waals surface area contributed by atoms with Crippen LogP contribution < -0.4 is 5.32 Å². The van der Waals surface area contributed by atoms with Crippen LogP contribution in [0.2, 0.25) is 10.0 Å². The summed E-state index contributed by atoms with van der Waals surface area (Å²) in [5.74, 6) is -0.0873. The number of rotatable bonds is 4. The zero-order chi connectivity index (χ0) is 16.9. The lowest BCUT2D eigenvalue weighted by Crippen LogP contribution is -2.36. The maximum absolute atomic E-state index is 12.2. The summed E-state index contributed by atoms with van der Waals surface area (Å²) in [6.07, 6.45) is 3.13. The van der Waals surface area contributed by atoms with Gasteiger partial charge in [0.05, 0.1) is 22.3 Å². The molecule has 124 valence electrons. The number of nitrogens with zero attached hydrogens (tertiary/aromatic N) is 1. The first kappa shape index (κ1) is 17.0. The van der Waals surface area contributed by atoms with E-state index in [0.29, 0.717) is 22.3 Å². The largest absolute Gasteiger partial charge is 0.324 e. The summed E-state index contributed by atoms with van der Waals surface area (Å²) >= 11 is 12.1. The van der Waals surface area contributed by atoms with Crippen molar-refractivity contribution in [2.24, 2.45) is 0 Å². The van der Waals surface area contributed by atoms with Crippen LogP contribution in [0.3, 0.4) is 0 Å². The average Bonchev–Trinajstić information content (AvgIpc) is 2.60. The smallest absolute Gasteiger partial charge is 0.238 e. The Morgan fingerprint density at radius 2 is 1.88 bits per heavy atom. The lowest BCUT2D eigenvalue weighted by molar-refractivity contribution is -0.117. The fraction of sp³-hybridized carbons (Fsp3) is 0.211. The number of halogens is 2. The fourth-order valence-corrected chi connectivity index (χ4v) is 3.11. The van der Waals surface area contributed by atoms with Crippen molar-refractivity contribution >= 4 is 40.4 Å². The van der Waals surface area contributed by atoms with E-state index in [1.54, 1.807) is 18.2 Å². The van der Waals surface area contributed by atoms with Gasteiger partial charge in [0.15, 0.2) is 0 Å². The third kappa shape index (κ3) is 4.18. The molecule has 0 aliphatic carbocycles. The van der Waals surface area contributed by atoms with Crippen LogP contribution in [0.1, 0.15) is 12.0 Å². The number of carbonyl (C=O) groups excluding carboxylic acids is 1. The number of anilines is 1. The van der Waals surface area contributed by atoms with Crippen molar-refractivity contribution in [2.45, 2.75) is 6.42 Å². The molecule has 5 heteroatoms. The Hall–Kier alpha value is -1.81. The van der Waals surface area contributed by atoms with Crippen LogP contribution in [-0.4, -0.2) is 30.4 Å². The van der Waals surface area contributed by atoms with Crippen LogP contribution in [0.4, 0.5) is 5.69 Å². The minimum atomic E-state index is -0.0873. The highest BCUT2D eigenvalue weighted by molar-refractivity contribution is 6.44. The molecule has 1 amide bonds. The van der Waals surface area contributed by atoms with E-state index in [9.17, 15) is 4.79 Å². The zero-order valence-electron chi connectivity index (χ0n) is 13.1. The zero-order valence-corrected chi connectivity index (χ0v) is 14.6. The van der Waals surface area contributed by atoms with Gasteiger partial charge in [-0.05, 0) is 29.7 Å². The maximum atomic E-state index is 12.2. The van der Waals surface area contributed by atoms with Crippen molar-refractivity contribution in [3.05, 3.63) is 70.2 Å². The molecule has 1 heterocycles. The molecule has 2 aromatic carbocycles. The number of amides is 1. The average molecular weight is 361 g/mol. The van der Waals surface area contributed by atoms with Crippen molar-refractivity contribution in [3.63, 3.8) is 0 Å². The van der Waals surface area contributed by atoms with Crippen LogP contribution >= 0.6 is 23.2 Å². The molecule has 0 aromatic heterocycles. The van der Waals surface area contributed by atoms with Gasteiger partial charge >= 0.3 is 0 Å². The highest BCUT2D eigenvalue weighted by Gasteiger charge is 2.16. The first-order valence-electron chi connectivity index (χ1n) is 7.84. The normalized spacial score (nSPS) is 15.0. The monoisotopic (exact) mass is 360 g/mol. The second-order valence-corrected chi connectivity index (χ2v) is 6.52. The van der Waals surface area contributed by atoms with E-state index in [4.69, 9.17) is 23.2 Å². The van der Waals surface area contributed by atoms with Gasteiger partial charge in [-0.2, -0.15) is 0 Å². The molecular formula is C19H18Cl2N2O. The number of hydrogen-bond acceptors (Lipinski definition) is 2. The van der Waals surface area contributed by atoms with Gasteiger partial charge in [-0.3, -0.25) is 9.69 Å². The molecule has 3 rings (SSSR count). The van der Waals surface area contributed by atoms with E-state index in [0.717, 1.165) is 19.5 Å². The predicted molar refractivity (Wildman–Crippen MR) is 101 cm³/mol. The summed E-state index contributed by atoms with van der Waals surface area (Å²) in [7, 11) is 0. The molecule has 0 atom stereocenters. The molecule has 1 aliphatic heterocycles. The van der Waals surface area contributed by atoms with E-state index in [1.165, 1.54) is 11.1 Å². The summed E-state index contributed by atoms with van der Waals surface area (Å²) in [4.78, 5) is 14.3. The first-order valence-corrected chi connectivity index (χ1v) is 8.60. The standard InChI is InChI=1S/C19H18Cl2N2O/c20-16-7-4-8-17(19(16)21)22-18(24)13-23-11-9-15(10-12-23)14-5-2-1-3-6-14/h1-9H,10-13H2,(H,22,24). The topological polar surface area (TPSA) is 32.3 Å². The van der Waals surface area contributed by atoms with Crippen LogP contribution in [0.15, 0.2) is 54.6 Å². The lowest BCUT2D eigenvalue weighted by Gasteiger charge is -2.26. The fourth-order valence-electron chi connectivity index (χ4n) is 2.76. The van der Waals surface area contributed by atoms with Gasteiger partial charge in [-0.1, -0.05) is 65.7 Å². The highest BCUT2D eigenvalue weighted by Crippen LogP contribution is 2.29. The number of nitrogens with one attached hydrogen (secondary N) is 1. The van der Waals surface area contributed by atoms with Gasteiger partial charge < -0.3 is 5.32 Å². The molecular weight excluding hydrogens is 343 g/mol. The molecule has 0 radical (unpaired) electrons. The predicted octanol–water partition coefficient (Wildman–Crippen LogP) is 4.72. The molecule has 0 fully saturated rings. The second-order valence-electron chi connectivity index (χ2n) is 5.73. The van der Waals surface area contributed by atoms with Crippen LogP contribution in [0, 0.1) is 0 Å². The Kier molecular flexibility index (Phi) is 5.56. The summed E-state index contributed by atoms with van der Waals surface area (Å²) in [5.41, 5.74) is 3.14. The van der Waals surface area contributed by atoms with Crippen molar-refractivity contribution in [1.82, 2.24) is 4.90 Å². The summed E-state index contributed by atoms with van der Waals surface area (Å²) < 4.78 is 0. The van der Waals surface area contributed by atoms with Crippen molar-refractivity contribution in [1.29, 1.82) is 0 Å². The first-order chi connectivity index (χ1) is 11.6. The lowest BCUT2D eigenvalue weighted by atomic mass is 10.00. The van der Waals surface area contributed by atoms with Gasteiger partial charge in [0.25, 0.3) is 0 Å². The molecule has 0 bridgehead atoms. The summed E-state index contributed by atoms with van der Waals surface area (Å²) in [5, 5.41) is 3.63. The van der Waals surface area contributed by atoms with E-state index in [-0.39, 0.29) is 5.91 Å². The van der Waals surface area contributed by atoms with Gasteiger partial charge in [0.2, 0.25) is 5.91 Å². The molecule has 0 spiro atoms. The van der Waals surface area contributed by atoms with Gasteiger partial charge in [-0.15, -0.1) is 0 Å². The van der Waals surface area contributed by atoms with E-state index < -0.39 is 0 Å². The van der Waals surface area contributed by atoms with E-state index in [2.05, 4.69) is 28.4 Å². The molecule has 24 heavy (non-hydrogen) atoms.